The number of hydrogen-bond acceptors (Lipinski definition) is 5. The molecule has 0 bridgehead atoms. The van der Waals surface area contributed by atoms with E-state index in [9.17, 15) is 9.59 Å². The number of para-hydroxylation sites is 1. The van der Waals surface area contributed by atoms with Gasteiger partial charge in [-0.15, -0.1) is 5.10 Å². The van der Waals surface area contributed by atoms with E-state index >= 15 is 0 Å². The van der Waals surface area contributed by atoms with Crippen molar-refractivity contribution in [2.45, 2.75) is 25.0 Å². The largest absolute Gasteiger partial charge is 0.348 e. The van der Waals surface area contributed by atoms with E-state index in [2.05, 4.69) is 44.9 Å². The molecule has 0 aliphatic rings. The number of amides is 2. The van der Waals surface area contributed by atoms with Gasteiger partial charge in [-0.05, 0) is 29.7 Å². The van der Waals surface area contributed by atoms with Crippen molar-refractivity contribution in [1.29, 1.82) is 0 Å². The summed E-state index contributed by atoms with van der Waals surface area (Å²) in [6, 6.07) is 24.7. The summed E-state index contributed by atoms with van der Waals surface area (Å²) in [5.41, 5.74) is 4.07. The van der Waals surface area contributed by atoms with Crippen LogP contribution in [0, 0.1) is 0 Å². The van der Waals surface area contributed by atoms with Gasteiger partial charge in [0.1, 0.15) is 0 Å². The van der Waals surface area contributed by atoms with Gasteiger partial charge in [-0.25, -0.2) is 4.98 Å². The molecule has 0 atom stereocenters. The molecule has 4 aromatic rings. The van der Waals surface area contributed by atoms with Crippen molar-refractivity contribution in [1.82, 2.24) is 20.5 Å². The Balaban J connectivity index is 1.33. The lowest BCUT2D eigenvalue weighted by Crippen LogP contribution is -2.25. The van der Waals surface area contributed by atoms with Crippen LogP contribution in [-0.2, 0) is 17.8 Å². The number of carbonyl (C=O) groups excluding carboxylic acids is 2. The molecular formula is C26H25N5O2S. The molecule has 0 saturated carbocycles. The van der Waals surface area contributed by atoms with E-state index < -0.39 is 0 Å². The minimum atomic E-state index is -0.250. The molecule has 172 valence electrons. The molecule has 0 aliphatic heterocycles. The molecule has 0 spiro atoms. The first-order chi connectivity index (χ1) is 16.6. The van der Waals surface area contributed by atoms with Crippen LogP contribution in [0.2, 0.25) is 0 Å². The predicted octanol–water partition coefficient (Wildman–Crippen LogP) is 4.69. The summed E-state index contributed by atoms with van der Waals surface area (Å²) in [6.45, 7) is 2.52. The van der Waals surface area contributed by atoms with Crippen molar-refractivity contribution in [2.75, 3.05) is 11.1 Å². The van der Waals surface area contributed by atoms with Crippen LogP contribution in [0.1, 0.15) is 28.4 Å². The first kappa shape index (κ1) is 23.3. The molecule has 0 aliphatic carbocycles. The maximum atomic E-state index is 12.7. The normalized spacial score (nSPS) is 10.6. The van der Waals surface area contributed by atoms with Gasteiger partial charge in [-0.3, -0.25) is 14.7 Å². The molecule has 2 amide bonds. The number of rotatable bonds is 9. The van der Waals surface area contributed by atoms with Gasteiger partial charge in [0.2, 0.25) is 11.1 Å². The van der Waals surface area contributed by atoms with Crippen molar-refractivity contribution in [3.63, 3.8) is 0 Å². The van der Waals surface area contributed by atoms with Gasteiger partial charge in [0.15, 0.2) is 5.82 Å². The molecule has 1 heterocycles. The smallest absolute Gasteiger partial charge is 0.253 e. The van der Waals surface area contributed by atoms with E-state index in [0.717, 1.165) is 17.5 Å². The zero-order chi connectivity index (χ0) is 23.8. The van der Waals surface area contributed by atoms with Crippen molar-refractivity contribution in [3.8, 4) is 11.4 Å². The van der Waals surface area contributed by atoms with Gasteiger partial charge in [0.25, 0.3) is 5.91 Å². The topological polar surface area (TPSA) is 99.8 Å². The number of benzene rings is 3. The number of H-pyrrole nitrogens is 1. The molecule has 7 nitrogen and oxygen atoms in total. The van der Waals surface area contributed by atoms with Gasteiger partial charge < -0.3 is 10.6 Å². The number of nitrogens with zero attached hydrogens (tertiary/aromatic N) is 2. The Morgan fingerprint density at radius 3 is 2.41 bits per heavy atom. The van der Waals surface area contributed by atoms with Crippen LogP contribution in [0.4, 0.5) is 5.69 Å². The van der Waals surface area contributed by atoms with Crippen LogP contribution in [0.15, 0.2) is 84.0 Å². The van der Waals surface area contributed by atoms with E-state index in [0.29, 0.717) is 28.8 Å². The number of aryl methyl sites for hydroxylation is 1. The first-order valence-electron chi connectivity index (χ1n) is 11.0. The summed E-state index contributed by atoms with van der Waals surface area (Å²) < 4.78 is 0. The average molecular weight is 472 g/mol. The molecule has 1 aromatic heterocycles. The monoisotopic (exact) mass is 471 g/mol. The molecule has 8 heteroatoms. The third-order valence-corrected chi connectivity index (χ3v) is 6.02. The van der Waals surface area contributed by atoms with Crippen LogP contribution in [0.3, 0.4) is 0 Å². The Kier molecular flexibility index (Phi) is 7.72. The molecule has 34 heavy (non-hydrogen) atoms. The van der Waals surface area contributed by atoms with E-state index in [1.165, 1.54) is 17.3 Å². The molecule has 3 aromatic carbocycles. The van der Waals surface area contributed by atoms with Gasteiger partial charge >= 0.3 is 0 Å². The summed E-state index contributed by atoms with van der Waals surface area (Å²) in [4.78, 5) is 29.7. The zero-order valence-corrected chi connectivity index (χ0v) is 19.6. The molecule has 0 saturated heterocycles. The number of nitrogens with one attached hydrogen (secondary N) is 3. The minimum Gasteiger partial charge on any atom is -0.348 e. The Morgan fingerprint density at radius 1 is 0.912 bits per heavy atom. The fourth-order valence-electron chi connectivity index (χ4n) is 3.32. The van der Waals surface area contributed by atoms with Crippen molar-refractivity contribution < 1.29 is 9.59 Å². The Labute approximate surface area is 202 Å². The minimum absolute atomic E-state index is 0.117. The quantitative estimate of drug-likeness (QED) is 0.308. The van der Waals surface area contributed by atoms with Gasteiger partial charge in [-0.2, -0.15) is 0 Å². The second-order valence-corrected chi connectivity index (χ2v) is 8.51. The lowest BCUT2D eigenvalue weighted by molar-refractivity contribution is -0.113. The van der Waals surface area contributed by atoms with E-state index in [4.69, 9.17) is 0 Å². The lowest BCUT2D eigenvalue weighted by atomic mass is 10.1. The van der Waals surface area contributed by atoms with E-state index in [-0.39, 0.29) is 17.6 Å². The average Bonchev–Trinajstić information content (AvgIpc) is 3.36. The summed E-state index contributed by atoms with van der Waals surface area (Å²) >= 11 is 1.23. The highest BCUT2D eigenvalue weighted by molar-refractivity contribution is 7.99. The maximum absolute atomic E-state index is 12.7. The molecule has 0 fully saturated rings. The summed E-state index contributed by atoms with van der Waals surface area (Å²) in [6.07, 6.45) is 0.977. The SMILES string of the molecule is CCc1ccc(-c2nc(SCC(=O)Nc3ccccc3C(=O)NCc3ccccc3)n[nH]2)cc1. The Morgan fingerprint density at radius 2 is 1.65 bits per heavy atom. The van der Waals surface area contributed by atoms with E-state index in [1.807, 2.05) is 42.5 Å². The Bertz CT molecular complexity index is 1260. The van der Waals surface area contributed by atoms with Crippen molar-refractivity contribution >= 4 is 29.3 Å². The zero-order valence-electron chi connectivity index (χ0n) is 18.7. The molecule has 3 N–H and O–H groups in total. The first-order valence-corrected chi connectivity index (χ1v) is 12.0. The third kappa shape index (κ3) is 6.11. The highest BCUT2D eigenvalue weighted by Gasteiger charge is 2.14. The Hall–Kier alpha value is -3.91. The second kappa shape index (κ2) is 11.3. The van der Waals surface area contributed by atoms with Crippen LogP contribution < -0.4 is 10.6 Å². The highest BCUT2D eigenvalue weighted by Crippen LogP contribution is 2.21. The highest BCUT2D eigenvalue weighted by atomic mass is 32.2. The third-order valence-electron chi connectivity index (χ3n) is 5.17. The number of aromatic amines is 1. The number of hydrogen-bond donors (Lipinski definition) is 3. The maximum Gasteiger partial charge on any atom is 0.253 e. The summed E-state index contributed by atoms with van der Waals surface area (Å²) in [7, 11) is 0. The second-order valence-electron chi connectivity index (χ2n) is 7.57. The standard InChI is InChI=1S/C26H25N5O2S/c1-2-18-12-14-20(15-13-18)24-29-26(31-30-24)34-17-23(32)28-22-11-7-6-10-21(22)25(33)27-16-19-8-4-3-5-9-19/h3-15H,2,16-17H2,1H3,(H,27,33)(H,28,32)(H,29,30,31). The predicted molar refractivity (Wildman–Crippen MR) is 135 cm³/mol. The van der Waals surface area contributed by atoms with E-state index in [1.54, 1.807) is 24.3 Å². The molecular weight excluding hydrogens is 446 g/mol. The fourth-order valence-corrected chi connectivity index (χ4v) is 3.92. The van der Waals surface area contributed by atoms with Crippen LogP contribution in [-0.4, -0.2) is 32.7 Å². The van der Waals surface area contributed by atoms with Gasteiger partial charge in [-0.1, -0.05) is 85.4 Å². The number of thioether (sulfide) groups is 1. The van der Waals surface area contributed by atoms with Crippen LogP contribution in [0.5, 0.6) is 0 Å². The van der Waals surface area contributed by atoms with Gasteiger partial charge in [0.05, 0.1) is 17.0 Å². The molecule has 0 unspecified atom stereocenters. The number of anilines is 1. The summed E-state index contributed by atoms with van der Waals surface area (Å²) in [5.74, 6) is 0.282. The fraction of sp³-hybridized carbons (Fsp3) is 0.154. The van der Waals surface area contributed by atoms with Gasteiger partial charge in [0, 0.05) is 12.1 Å². The summed E-state index contributed by atoms with van der Waals surface area (Å²) in [5, 5.41) is 13.3. The number of aromatic nitrogens is 3. The van der Waals surface area contributed by atoms with Crippen LogP contribution in [0.25, 0.3) is 11.4 Å². The number of carbonyl (C=O) groups is 2. The van der Waals surface area contributed by atoms with Crippen molar-refractivity contribution in [3.05, 3.63) is 95.6 Å². The van der Waals surface area contributed by atoms with Crippen molar-refractivity contribution in [2.24, 2.45) is 0 Å². The lowest BCUT2D eigenvalue weighted by Gasteiger charge is -2.11. The van der Waals surface area contributed by atoms with Crippen LogP contribution >= 0.6 is 11.8 Å². The molecule has 4 rings (SSSR count). The molecule has 0 radical (unpaired) electrons.